The quantitative estimate of drug-likeness (QED) is 0.761. The molecule has 2 aromatic rings. The van der Waals surface area contributed by atoms with Crippen molar-refractivity contribution in [1.82, 2.24) is 4.90 Å². The van der Waals surface area contributed by atoms with E-state index in [2.05, 4.69) is 0 Å². The lowest BCUT2D eigenvalue weighted by molar-refractivity contribution is -0.139. The molecule has 2 aliphatic heterocycles. The lowest BCUT2D eigenvalue weighted by atomic mass is 10.0. The minimum atomic E-state index is -1.16. The van der Waals surface area contributed by atoms with Crippen LogP contribution in [0, 0.1) is 11.6 Å². The first-order chi connectivity index (χ1) is 13.9. The number of ether oxygens (including phenoxy) is 1. The summed E-state index contributed by atoms with van der Waals surface area (Å²) in [6, 6.07) is 8.90. The van der Waals surface area contributed by atoms with Crippen molar-refractivity contribution < 1.29 is 23.1 Å². The molecule has 0 bridgehead atoms. The first-order valence-electron chi connectivity index (χ1n) is 9.31. The summed E-state index contributed by atoms with van der Waals surface area (Å²) in [5.74, 6) is -1.04. The number of thioether (sulfide) groups is 1. The predicted molar refractivity (Wildman–Crippen MR) is 107 cm³/mol. The zero-order valence-corrected chi connectivity index (χ0v) is 16.9. The molecule has 29 heavy (non-hydrogen) atoms. The van der Waals surface area contributed by atoms with Gasteiger partial charge in [-0.05, 0) is 35.9 Å². The van der Waals surface area contributed by atoms with Crippen LogP contribution in [0.15, 0.2) is 36.4 Å². The molecule has 1 spiro atoms. The number of fused-ring (bicyclic) bond motifs is 2. The number of anilines is 1. The molecule has 2 amide bonds. The lowest BCUT2D eigenvalue weighted by Gasteiger charge is -2.33. The van der Waals surface area contributed by atoms with Crippen molar-refractivity contribution >= 4 is 29.3 Å². The normalized spacial score (nSPS) is 20.5. The Morgan fingerprint density at radius 1 is 1.21 bits per heavy atom. The number of carbonyl (C=O) groups excluding carboxylic acids is 2. The number of benzene rings is 2. The van der Waals surface area contributed by atoms with Crippen LogP contribution in [-0.2, 0) is 21.0 Å². The van der Waals surface area contributed by atoms with Crippen molar-refractivity contribution in [2.24, 2.45) is 0 Å². The molecule has 1 atom stereocenters. The van der Waals surface area contributed by atoms with Crippen LogP contribution in [0.25, 0.3) is 0 Å². The molecule has 2 heterocycles. The third kappa shape index (κ3) is 2.97. The average molecular weight is 418 g/mol. The Hall–Kier alpha value is -2.61. The van der Waals surface area contributed by atoms with Crippen LogP contribution in [0.5, 0.6) is 5.75 Å². The molecule has 152 valence electrons. The van der Waals surface area contributed by atoms with Gasteiger partial charge in [0.25, 0.3) is 5.91 Å². The van der Waals surface area contributed by atoms with Crippen LogP contribution < -0.4 is 9.64 Å². The maximum Gasteiger partial charge on any atom is 0.268 e. The minimum Gasteiger partial charge on any atom is -0.497 e. The molecule has 4 rings (SSSR count). The Balaban J connectivity index is 1.82. The van der Waals surface area contributed by atoms with Gasteiger partial charge in [0.05, 0.1) is 19.3 Å². The van der Waals surface area contributed by atoms with Crippen LogP contribution in [0.1, 0.15) is 24.5 Å². The van der Waals surface area contributed by atoms with Gasteiger partial charge < -0.3 is 14.5 Å². The summed E-state index contributed by atoms with van der Waals surface area (Å²) in [6.45, 7) is 2.31. The van der Waals surface area contributed by atoms with Crippen LogP contribution in [0.4, 0.5) is 14.5 Å². The van der Waals surface area contributed by atoms with Crippen molar-refractivity contribution in [3.63, 3.8) is 0 Å². The van der Waals surface area contributed by atoms with Gasteiger partial charge in [0.15, 0.2) is 16.5 Å². The minimum absolute atomic E-state index is 0.0752. The van der Waals surface area contributed by atoms with Crippen LogP contribution in [0.3, 0.4) is 0 Å². The molecule has 1 fully saturated rings. The molecule has 2 aliphatic rings. The summed E-state index contributed by atoms with van der Waals surface area (Å²) >= 11 is 1.42. The molecule has 0 aliphatic carbocycles. The Morgan fingerprint density at radius 2 is 2.00 bits per heavy atom. The SMILES string of the molecule is CCC(=O)N1CCSC12C(=O)N(Cc1ccc(F)c(F)c1)c1ccc(OC)cc12. The zero-order valence-electron chi connectivity index (χ0n) is 16.1. The molecule has 2 aromatic carbocycles. The standard InChI is InChI=1S/C21H20F2N2O3S/c1-3-19(26)25-8-9-29-21(25)15-11-14(28-2)5-7-18(15)24(20(21)27)12-13-4-6-16(22)17(23)10-13/h4-7,10-11H,3,8-9,12H2,1-2H3. The number of carbonyl (C=O) groups is 2. The van der Waals surface area contributed by atoms with Crippen LogP contribution in [0.2, 0.25) is 0 Å². The summed E-state index contributed by atoms with van der Waals surface area (Å²) in [7, 11) is 1.54. The number of halogens is 2. The highest BCUT2D eigenvalue weighted by atomic mass is 32.2. The second kappa shape index (κ2) is 7.33. The molecule has 5 nitrogen and oxygen atoms in total. The molecule has 0 saturated carbocycles. The number of rotatable bonds is 4. The van der Waals surface area contributed by atoms with E-state index >= 15 is 0 Å². The fraction of sp³-hybridized carbons (Fsp3) is 0.333. The van der Waals surface area contributed by atoms with Crippen molar-refractivity contribution in [3.05, 3.63) is 59.2 Å². The number of methoxy groups -OCH3 is 1. The number of hydrogen-bond acceptors (Lipinski definition) is 4. The predicted octanol–water partition coefficient (Wildman–Crippen LogP) is 3.66. The van der Waals surface area contributed by atoms with Gasteiger partial charge in [0.2, 0.25) is 5.91 Å². The van der Waals surface area contributed by atoms with E-state index in [-0.39, 0.29) is 24.8 Å². The number of hydrogen-bond donors (Lipinski definition) is 0. The second-order valence-electron chi connectivity index (χ2n) is 6.91. The van der Waals surface area contributed by atoms with Gasteiger partial charge in [0.1, 0.15) is 5.75 Å². The van der Waals surface area contributed by atoms with Crippen molar-refractivity contribution in [2.75, 3.05) is 24.3 Å². The van der Waals surface area contributed by atoms with Crippen LogP contribution in [-0.4, -0.2) is 36.1 Å². The molecule has 0 N–H and O–H groups in total. The summed E-state index contributed by atoms with van der Waals surface area (Å²) in [6.07, 6.45) is 0.290. The third-order valence-electron chi connectivity index (χ3n) is 5.33. The Kier molecular flexibility index (Phi) is 4.98. The number of nitrogens with zero attached hydrogens (tertiary/aromatic N) is 2. The van der Waals surface area contributed by atoms with E-state index < -0.39 is 16.5 Å². The summed E-state index contributed by atoms with van der Waals surface area (Å²) in [4.78, 5) is 28.3. The molecule has 8 heteroatoms. The summed E-state index contributed by atoms with van der Waals surface area (Å²) < 4.78 is 32.4. The number of amides is 2. The monoisotopic (exact) mass is 418 g/mol. The van der Waals surface area contributed by atoms with Crippen molar-refractivity contribution in [3.8, 4) is 5.75 Å². The van der Waals surface area contributed by atoms with E-state index in [0.29, 0.717) is 34.9 Å². The van der Waals surface area contributed by atoms with Gasteiger partial charge in [-0.3, -0.25) is 9.59 Å². The third-order valence-corrected chi connectivity index (χ3v) is 6.75. The molecule has 1 unspecified atom stereocenters. The first-order valence-corrected chi connectivity index (χ1v) is 10.3. The second-order valence-corrected chi connectivity index (χ2v) is 8.20. The van der Waals surface area contributed by atoms with E-state index in [0.717, 1.165) is 12.1 Å². The molecular formula is C21H20F2N2O3S. The van der Waals surface area contributed by atoms with Gasteiger partial charge in [-0.1, -0.05) is 13.0 Å². The summed E-state index contributed by atoms with van der Waals surface area (Å²) in [5, 5.41) is 0. The Bertz CT molecular complexity index is 1000. The van der Waals surface area contributed by atoms with E-state index in [9.17, 15) is 18.4 Å². The van der Waals surface area contributed by atoms with Crippen molar-refractivity contribution in [2.45, 2.75) is 24.8 Å². The molecule has 0 radical (unpaired) electrons. The topological polar surface area (TPSA) is 49.9 Å². The lowest BCUT2D eigenvalue weighted by Crippen LogP contribution is -2.50. The first kappa shape index (κ1) is 19.7. The summed E-state index contributed by atoms with van der Waals surface area (Å²) in [5.41, 5.74) is 1.80. The fourth-order valence-corrected chi connectivity index (χ4v) is 5.42. The van der Waals surface area contributed by atoms with Gasteiger partial charge >= 0.3 is 0 Å². The highest BCUT2D eigenvalue weighted by molar-refractivity contribution is 8.01. The van der Waals surface area contributed by atoms with Gasteiger partial charge in [-0.25, -0.2) is 8.78 Å². The van der Waals surface area contributed by atoms with Crippen LogP contribution >= 0.6 is 11.8 Å². The van der Waals surface area contributed by atoms with Gasteiger partial charge in [0, 0.05) is 24.3 Å². The van der Waals surface area contributed by atoms with E-state index in [1.807, 2.05) is 0 Å². The Morgan fingerprint density at radius 3 is 2.69 bits per heavy atom. The highest BCUT2D eigenvalue weighted by Gasteiger charge is 2.59. The van der Waals surface area contributed by atoms with Gasteiger partial charge in [-0.2, -0.15) is 0 Å². The van der Waals surface area contributed by atoms with E-state index in [1.54, 1.807) is 37.1 Å². The molecule has 1 saturated heterocycles. The maximum absolute atomic E-state index is 13.7. The van der Waals surface area contributed by atoms with E-state index in [4.69, 9.17) is 4.74 Å². The highest BCUT2D eigenvalue weighted by Crippen LogP contribution is 2.55. The smallest absolute Gasteiger partial charge is 0.268 e. The molecule has 0 aromatic heterocycles. The maximum atomic E-state index is 13.7. The molecular weight excluding hydrogens is 398 g/mol. The largest absolute Gasteiger partial charge is 0.497 e. The zero-order chi connectivity index (χ0) is 20.8. The fourth-order valence-electron chi connectivity index (χ4n) is 3.95. The Labute approximate surface area is 171 Å². The van der Waals surface area contributed by atoms with Gasteiger partial charge in [-0.15, -0.1) is 11.8 Å². The van der Waals surface area contributed by atoms with E-state index in [1.165, 1.54) is 22.7 Å². The van der Waals surface area contributed by atoms with Crippen molar-refractivity contribution in [1.29, 1.82) is 0 Å². The average Bonchev–Trinajstić information content (AvgIpc) is 3.27.